The van der Waals surface area contributed by atoms with Gasteiger partial charge in [-0.3, -0.25) is 33.8 Å². The van der Waals surface area contributed by atoms with Crippen LogP contribution in [0.15, 0.2) is 54.9 Å². The Morgan fingerprint density at radius 1 is 1.04 bits per heavy atom. The van der Waals surface area contributed by atoms with E-state index in [0.717, 1.165) is 4.90 Å². The number of aromatic nitrogens is 1. The smallest absolute Gasteiger partial charge is 0.460 e. The number of carbonyl (C=O) groups is 7. The van der Waals surface area contributed by atoms with Gasteiger partial charge in [0.2, 0.25) is 23.6 Å². The number of amides is 6. The fraction of sp³-hybridized carbons (Fsp3) is 0.500. The van der Waals surface area contributed by atoms with E-state index in [2.05, 4.69) is 15.6 Å². The van der Waals surface area contributed by atoms with Crippen molar-refractivity contribution in [2.75, 3.05) is 27.2 Å². The minimum Gasteiger partial charge on any atom is -0.460 e. The van der Waals surface area contributed by atoms with Gasteiger partial charge in [0.15, 0.2) is 6.04 Å². The Bertz CT molecular complexity index is 1630. The lowest BCUT2D eigenvalue weighted by Gasteiger charge is -2.36. The molecule has 1 saturated carbocycles. The first-order chi connectivity index (χ1) is 24.3. The first kappa shape index (κ1) is 41.0. The number of likely N-dealkylation sites (N-methyl/N-ethyl adjacent to an activating group) is 2. The molecule has 1 aliphatic carbocycles. The van der Waals surface area contributed by atoms with E-state index in [9.17, 15) is 33.6 Å². The van der Waals surface area contributed by atoms with Crippen LogP contribution < -0.4 is 22.1 Å². The second kappa shape index (κ2) is 17.2. The number of nitrogens with one attached hydrogen (secondary N) is 2. The Morgan fingerprint density at radius 2 is 1.69 bits per heavy atom. The van der Waals surface area contributed by atoms with E-state index < -0.39 is 81.8 Å². The van der Waals surface area contributed by atoms with Crippen molar-refractivity contribution < 1.29 is 47.5 Å². The lowest BCUT2D eigenvalue weighted by Crippen LogP contribution is -2.65. The standard InChI is InChI=1S/C36H49N7O9/c1-7-43(6,34(50)51-22-23-12-9-8-10-13-23)27(15-16-29(45)52-35(2,3)4)31(47)41-36(19-25(36)30(38)46)33(49)40-26(18-24-14-11-17-39-20-24)32(48)42(5)21-28(37)44/h8-14,17,20,25-27H,7,15-16,18-19,21-22H2,1-6H3,(H5-,37,38,40,41,44,46,47,49)/p+1/t25?,26-,27+,36?,43?/m0/s1. The molecule has 5 atom stereocenters. The highest BCUT2D eigenvalue weighted by molar-refractivity contribution is 6.04. The summed E-state index contributed by atoms with van der Waals surface area (Å²) in [6.45, 7) is 6.28. The molecule has 6 N–H and O–H groups in total. The number of benzene rings is 1. The highest BCUT2D eigenvalue weighted by atomic mass is 16.6. The molecular weight excluding hydrogens is 674 g/mol. The second-order valence-electron chi connectivity index (χ2n) is 14.1. The molecule has 1 aromatic carbocycles. The summed E-state index contributed by atoms with van der Waals surface area (Å²) in [5.41, 5.74) is 9.52. The predicted octanol–water partition coefficient (Wildman–Crippen LogP) is 0.707. The third kappa shape index (κ3) is 10.8. The maximum atomic E-state index is 14.3. The fourth-order valence-corrected chi connectivity index (χ4v) is 5.84. The molecule has 0 spiro atoms. The van der Waals surface area contributed by atoms with Crippen LogP contribution in [0.1, 0.15) is 58.1 Å². The number of nitrogens with zero attached hydrogens (tertiary/aromatic N) is 3. The Balaban J connectivity index is 1.95. The number of carbonyl (C=O) groups excluding carboxylic acids is 7. The molecule has 0 saturated heterocycles. The summed E-state index contributed by atoms with van der Waals surface area (Å²) >= 11 is 0. The molecule has 16 heteroatoms. The summed E-state index contributed by atoms with van der Waals surface area (Å²) in [6.07, 6.45) is 1.56. The number of primary amides is 2. The molecule has 3 unspecified atom stereocenters. The molecule has 16 nitrogen and oxygen atoms in total. The van der Waals surface area contributed by atoms with Crippen molar-refractivity contribution in [3.8, 4) is 0 Å². The van der Waals surface area contributed by atoms with Crippen molar-refractivity contribution in [2.45, 2.75) is 83.2 Å². The van der Waals surface area contributed by atoms with Crippen LogP contribution in [-0.2, 0) is 51.3 Å². The minimum atomic E-state index is -1.89. The van der Waals surface area contributed by atoms with Gasteiger partial charge in [-0.05, 0) is 51.3 Å². The molecule has 0 radical (unpaired) electrons. The maximum Gasteiger partial charge on any atom is 0.516 e. The van der Waals surface area contributed by atoms with Gasteiger partial charge in [0.05, 0.1) is 32.5 Å². The number of quaternary nitrogens is 1. The van der Waals surface area contributed by atoms with Crippen molar-refractivity contribution in [1.82, 2.24) is 20.5 Å². The normalized spacial score (nSPS) is 18.8. The molecule has 6 amide bonds. The van der Waals surface area contributed by atoms with Gasteiger partial charge < -0.3 is 36.5 Å². The van der Waals surface area contributed by atoms with E-state index in [-0.39, 0.29) is 38.8 Å². The Labute approximate surface area is 303 Å². The highest BCUT2D eigenvalue weighted by Gasteiger charge is 2.65. The van der Waals surface area contributed by atoms with Gasteiger partial charge >= 0.3 is 12.1 Å². The number of rotatable bonds is 17. The van der Waals surface area contributed by atoms with Crippen molar-refractivity contribution in [3.05, 3.63) is 66.0 Å². The first-order valence-corrected chi connectivity index (χ1v) is 17.0. The minimum absolute atomic E-state index is 0.0480. The van der Waals surface area contributed by atoms with E-state index in [4.69, 9.17) is 20.9 Å². The van der Waals surface area contributed by atoms with Crippen LogP contribution in [0.4, 0.5) is 4.79 Å². The SMILES string of the molecule is CC[N+](C)(C(=O)OCc1ccccc1)[C@H](CCC(=O)OC(C)(C)C)C(=O)NC1(C(=O)N[C@@H](Cc2cccnc2)C(=O)N(C)CC(N)=O)CC1C(N)=O. The number of esters is 1. The molecule has 0 bridgehead atoms. The van der Waals surface area contributed by atoms with Gasteiger partial charge in [0.25, 0.3) is 5.91 Å². The largest absolute Gasteiger partial charge is 0.516 e. The average Bonchev–Trinajstić information content (AvgIpc) is 3.81. The van der Waals surface area contributed by atoms with E-state index in [1.807, 2.05) is 6.07 Å². The Kier molecular flexibility index (Phi) is 13.6. The molecule has 1 heterocycles. The molecule has 282 valence electrons. The van der Waals surface area contributed by atoms with E-state index >= 15 is 0 Å². The zero-order valence-corrected chi connectivity index (χ0v) is 30.5. The first-order valence-electron chi connectivity index (χ1n) is 17.0. The number of pyridine rings is 1. The van der Waals surface area contributed by atoms with Crippen LogP contribution in [0.2, 0.25) is 0 Å². The second-order valence-corrected chi connectivity index (χ2v) is 14.1. The third-order valence-electron chi connectivity index (χ3n) is 8.90. The number of ether oxygens (including phenoxy) is 2. The van der Waals surface area contributed by atoms with Crippen LogP contribution in [-0.4, -0.2) is 106 Å². The quantitative estimate of drug-likeness (QED) is 0.132. The number of nitrogens with two attached hydrogens (primary N) is 2. The maximum absolute atomic E-state index is 14.3. The third-order valence-corrected chi connectivity index (χ3v) is 8.90. The Hall–Kier alpha value is -5.38. The van der Waals surface area contributed by atoms with Crippen molar-refractivity contribution in [3.63, 3.8) is 0 Å². The predicted molar refractivity (Wildman–Crippen MR) is 187 cm³/mol. The van der Waals surface area contributed by atoms with Crippen molar-refractivity contribution in [2.24, 2.45) is 17.4 Å². The van der Waals surface area contributed by atoms with E-state index in [1.54, 1.807) is 64.1 Å². The van der Waals surface area contributed by atoms with Gasteiger partial charge in [0.1, 0.15) is 23.8 Å². The zero-order valence-electron chi connectivity index (χ0n) is 30.5. The molecule has 0 aliphatic heterocycles. The summed E-state index contributed by atoms with van der Waals surface area (Å²) in [7, 11) is 2.82. The molecule has 2 aromatic rings. The monoisotopic (exact) mass is 724 g/mol. The lowest BCUT2D eigenvalue weighted by molar-refractivity contribution is -0.853. The molecule has 1 aliphatic rings. The van der Waals surface area contributed by atoms with Gasteiger partial charge in [-0.2, -0.15) is 4.79 Å². The van der Waals surface area contributed by atoms with Crippen LogP contribution in [0.3, 0.4) is 0 Å². The Morgan fingerprint density at radius 3 is 2.23 bits per heavy atom. The lowest BCUT2D eigenvalue weighted by atomic mass is 10.0. The van der Waals surface area contributed by atoms with Crippen LogP contribution in [0.5, 0.6) is 0 Å². The molecule has 3 rings (SSSR count). The summed E-state index contributed by atoms with van der Waals surface area (Å²) in [4.78, 5) is 97.7. The summed E-state index contributed by atoms with van der Waals surface area (Å²) in [5, 5.41) is 5.31. The van der Waals surface area contributed by atoms with Gasteiger partial charge in [-0.15, -0.1) is 0 Å². The van der Waals surface area contributed by atoms with Gasteiger partial charge in [0, 0.05) is 32.3 Å². The molecule has 52 heavy (non-hydrogen) atoms. The van der Waals surface area contributed by atoms with Crippen molar-refractivity contribution >= 4 is 41.6 Å². The van der Waals surface area contributed by atoms with Crippen LogP contribution in [0.25, 0.3) is 0 Å². The number of hydrogen-bond acceptors (Lipinski definition) is 10. The summed E-state index contributed by atoms with van der Waals surface area (Å²) < 4.78 is 10.5. The van der Waals surface area contributed by atoms with E-state index in [0.29, 0.717) is 11.1 Å². The summed E-state index contributed by atoms with van der Waals surface area (Å²) in [6, 6.07) is 9.69. The van der Waals surface area contributed by atoms with Gasteiger partial charge in [-0.1, -0.05) is 36.4 Å². The van der Waals surface area contributed by atoms with Crippen molar-refractivity contribution in [1.29, 1.82) is 0 Å². The zero-order chi connectivity index (χ0) is 38.9. The topological polar surface area (TPSA) is 230 Å². The van der Waals surface area contributed by atoms with E-state index in [1.165, 1.54) is 26.5 Å². The molecule has 1 fully saturated rings. The fourth-order valence-electron chi connectivity index (χ4n) is 5.84. The molecular formula is C36H50N7O9+. The summed E-state index contributed by atoms with van der Waals surface area (Å²) in [5.74, 6) is -5.81. The van der Waals surface area contributed by atoms with Crippen LogP contribution >= 0.6 is 0 Å². The average molecular weight is 725 g/mol. The molecule has 1 aromatic heterocycles. The van der Waals surface area contributed by atoms with Gasteiger partial charge in [-0.25, -0.2) is 4.48 Å². The number of hydrogen-bond donors (Lipinski definition) is 4. The highest BCUT2D eigenvalue weighted by Crippen LogP contribution is 2.44. The van der Waals surface area contributed by atoms with Crippen LogP contribution in [0, 0.1) is 5.92 Å².